The van der Waals surface area contributed by atoms with Crippen LogP contribution < -0.4 is 0 Å². The third-order valence-electron chi connectivity index (χ3n) is 3.44. The maximum Gasteiger partial charge on any atom is 0.308 e. The van der Waals surface area contributed by atoms with Gasteiger partial charge in [-0.25, -0.2) is 0 Å². The number of aliphatic carboxylic acids is 1. The molecule has 2 saturated heterocycles. The normalized spacial score (nSPS) is 41.6. The van der Waals surface area contributed by atoms with E-state index in [2.05, 4.69) is 11.9 Å². The summed E-state index contributed by atoms with van der Waals surface area (Å²) in [6.07, 6.45) is 4.35. The summed E-state index contributed by atoms with van der Waals surface area (Å²) in [4.78, 5) is 13.1. The molecule has 3 nitrogen and oxygen atoms in total. The van der Waals surface area contributed by atoms with E-state index in [1.165, 1.54) is 12.8 Å². The highest BCUT2D eigenvalue weighted by Crippen LogP contribution is 2.38. The first-order chi connectivity index (χ1) is 5.70. The molecule has 12 heavy (non-hydrogen) atoms. The Morgan fingerprint density at radius 1 is 1.50 bits per heavy atom. The number of hydrogen-bond acceptors (Lipinski definition) is 2. The monoisotopic (exact) mass is 169 g/mol. The van der Waals surface area contributed by atoms with Crippen LogP contribution in [-0.4, -0.2) is 35.1 Å². The zero-order valence-corrected chi connectivity index (χ0v) is 7.36. The van der Waals surface area contributed by atoms with Crippen LogP contribution in [0.25, 0.3) is 0 Å². The number of carbonyl (C=O) groups is 1. The molecule has 2 aliphatic heterocycles. The maximum absolute atomic E-state index is 10.9. The van der Waals surface area contributed by atoms with Gasteiger partial charge in [0.1, 0.15) is 0 Å². The number of piperidine rings is 1. The zero-order chi connectivity index (χ0) is 8.72. The van der Waals surface area contributed by atoms with E-state index >= 15 is 0 Å². The average Bonchev–Trinajstić information content (AvgIpc) is 2.27. The fourth-order valence-corrected chi connectivity index (χ4v) is 2.73. The Kier molecular flexibility index (Phi) is 1.83. The van der Waals surface area contributed by atoms with E-state index in [-0.39, 0.29) is 5.92 Å². The largest absolute Gasteiger partial charge is 0.481 e. The third-order valence-corrected chi connectivity index (χ3v) is 3.44. The van der Waals surface area contributed by atoms with Gasteiger partial charge in [0.15, 0.2) is 0 Å². The van der Waals surface area contributed by atoms with Crippen molar-refractivity contribution in [2.45, 2.75) is 37.8 Å². The van der Waals surface area contributed by atoms with Gasteiger partial charge in [0.2, 0.25) is 0 Å². The smallest absolute Gasteiger partial charge is 0.308 e. The van der Waals surface area contributed by atoms with Gasteiger partial charge in [0, 0.05) is 12.1 Å². The number of carboxylic acid groups (broad SMARTS) is 1. The quantitative estimate of drug-likeness (QED) is 0.635. The second kappa shape index (κ2) is 2.73. The van der Waals surface area contributed by atoms with Gasteiger partial charge in [-0.3, -0.25) is 9.69 Å². The number of fused-ring (bicyclic) bond motifs is 2. The lowest BCUT2D eigenvalue weighted by Crippen LogP contribution is -2.38. The molecule has 3 atom stereocenters. The van der Waals surface area contributed by atoms with E-state index in [0.717, 1.165) is 12.8 Å². The average molecular weight is 169 g/mol. The Morgan fingerprint density at radius 2 is 2.25 bits per heavy atom. The van der Waals surface area contributed by atoms with E-state index in [1.54, 1.807) is 0 Å². The van der Waals surface area contributed by atoms with Crippen molar-refractivity contribution in [3.63, 3.8) is 0 Å². The van der Waals surface area contributed by atoms with Crippen LogP contribution in [0.4, 0.5) is 0 Å². The lowest BCUT2D eigenvalue weighted by molar-refractivity contribution is -0.142. The van der Waals surface area contributed by atoms with Crippen molar-refractivity contribution in [2.24, 2.45) is 5.92 Å². The lowest BCUT2D eigenvalue weighted by atomic mass is 9.98. The van der Waals surface area contributed by atoms with E-state index in [9.17, 15) is 4.79 Å². The molecule has 0 amide bonds. The Balaban J connectivity index is 2.16. The molecular weight excluding hydrogens is 154 g/mol. The molecule has 0 aromatic heterocycles. The topological polar surface area (TPSA) is 40.5 Å². The molecule has 0 aliphatic carbocycles. The summed E-state index contributed by atoms with van der Waals surface area (Å²) in [6.45, 7) is 0. The van der Waals surface area contributed by atoms with Crippen molar-refractivity contribution in [1.82, 2.24) is 4.90 Å². The van der Waals surface area contributed by atoms with Crippen molar-refractivity contribution in [2.75, 3.05) is 7.05 Å². The molecule has 0 radical (unpaired) electrons. The van der Waals surface area contributed by atoms with Crippen molar-refractivity contribution < 1.29 is 9.90 Å². The molecule has 2 fully saturated rings. The summed E-state index contributed by atoms with van der Waals surface area (Å²) in [5.74, 6) is -0.696. The van der Waals surface area contributed by atoms with Crippen molar-refractivity contribution in [3.05, 3.63) is 0 Å². The molecule has 0 saturated carbocycles. The van der Waals surface area contributed by atoms with Crippen molar-refractivity contribution in [1.29, 1.82) is 0 Å². The van der Waals surface area contributed by atoms with Gasteiger partial charge in [-0.05, 0) is 26.3 Å². The molecular formula is C9H15NO2. The first-order valence-corrected chi connectivity index (χ1v) is 4.65. The van der Waals surface area contributed by atoms with Gasteiger partial charge in [-0.1, -0.05) is 6.42 Å². The van der Waals surface area contributed by atoms with Crippen LogP contribution in [0.15, 0.2) is 0 Å². The van der Waals surface area contributed by atoms with Crippen LogP contribution in [0, 0.1) is 5.92 Å². The third kappa shape index (κ3) is 1.04. The van der Waals surface area contributed by atoms with Crippen LogP contribution >= 0.6 is 0 Å². The molecule has 2 bridgehead atoms. The SMILES string of the molecule is CN1[C@H]2CCC[C@@H]1[C@@H](C(=O)O)C2. The highest BCUT2D eigenvalue weighted by Gasteiger charge is 2.44. The number of nitrogens with zero attached hydrogens (tertiary/aromatic N) is 1. The van der Waals surface area contributed by atoms with Crippen molar-refractivity contribution >= 4 is 5.97 Å². The van der Waals surface area contributed by atoms with Gasteiger partial charge in [0.05, 0.1) is 5.92 Å². The molecule has 3 heteroatoms. The van der Waals surface area contributed by atoms with Crippen LogP contribution in [0.2, 0.25) is 0 Å². The van der Waals surface area contributed by atoms with Gasteiger partial charge in [-0.15, -0.1) is 0 Å². The maximum atomic E-state index is 10.9. The second-order valence-electron chi connectivity index (χ2n) is 4.00. The van der Waals surface area contributed by atoms with Crippen LogP contribution in [-0.2, 0) is 4.79 Å². The van der Waals surface area contributed by atoms with E-state index in [0.29, 0.717) is 12.1 Å². The van der Waals surface area contributed by atoms with E-state index < -0.39 is 5.97 Å². The molecule has 0 spiro atoms. The number of rotatable bonds is 1. The zero-order valence-electron chi connectivity index (χ0n) is 7.36. The summed E-state index contributed by atoms with van der Waals surface area (Å²) in [5.41, 5.74) is 0. The molecule has 2 rings (SSSR count). The molecule has 0 aromatic rings. The van der Waals surface area contributed by atoms with Gasteiger partial charge in [0.25, 0.3) is 0 Å². The van der Waals surface area contributed by atoms with E-state index in [4.69, 9.17) is 5.11 Å². The minimum Gasteiger partial charge on any atom is -0.481 e. The standard InChI is InChI=1S/C9H15NO2/c1-10-6-3-2-4-8(10)7(5-6)9(11)12/h6-8H,2-5H2,1H3,(H,11,12)/t6-,7-,8+/m0/s1. The number of carboxylic acids is 1. The Bertz CT molecular complexity index is 205. The van der Waals surface area contributed by atoms with Crippen molar-refractivity contribution in [3.8, 4) is 0 Å². The first kappa shape index (κ1) is 8.05. The minimum atomic E-state index is -0.601. The molecule has 1 N–H and O–H groups in total. The molecule has 0 unspecified atom stereocenters. The summed E-state index contributed by atoms with van der Waals surface area (Å²) in [5, 5.41) is 8.95. The summed E-state index contributed by atoms with van der Waals surface area (Å²) >= 11 is 0. The molecule has 2 aliphatic rings. The second-order valence-corrected chi connectivity index (χ2v) is 4.00. The predicted octanol–water partition coefficient (Wildman–Crippen LogP) is 0.944. The van der Waals surface area contributed by atoms with Crippen LogP contribution in [0.1, 0.15) is 25.7 Å². The van der Waals surface area contributed by atoms with Crippen LogP contribution in [0.3, 0.4) is 0 Å². The summed E-state index contributed by atoms with van der Waals surface area (Å²) < 4.78 is 0. The van der Waals surface area contributed by atoms with E-state index in [1.807, 2.05) is 0 Å². The Hall–Kier alpha value is -0.570. The first-order valence-electron chi connectivity index (χ1n) is 4.65. The molecule has 68 valence electrons. The summed E-state index contributed by atoms with van der Waals surface area (Å²) in [6, 6.07) is 0.867. The Labute approximate surface area is 72.4 Å². The fourth-order valence-electron chi connectivity index (χ4n) is 2.73. The summed E-state index contributed by atoms with van der Waals surface area (Å²) in [7, 11) is 2.07. The highest BCUT2D eigenvalue weighted by atomic mass is 16.4. The van der Waals surface area contributed by atoms with Gasteiger partial charge in [-0.2, -0.15) is 0 Å². The molecule has 0 aromatic carbocycles. The van der Waals surface area contributed by atoms with Crippen LogP contribution in [0.5, 0.6) is 0 Å². The molecule has 2 heterocycles. The lowest BCUT2D eigenvalue weighted by Gasteiger charge is -2.31. The number of hydrogen-bond donors (Lipinski definition) is 1. The predicted molar refractivity (Wildman–Crippen MR) is 44.9 cm³/mol. The fraction of sp³-hybridized carbons (Fsp3) is 0.889. The minimum absolute atomic E-state index is 0.0949. The Morgan fingerprint density at radius 3 is 2.83 bits per heavy atom. The van der Waals surface area contributed by atoms with Gasteiger partial charge >= 0.3 is 5.97 Å². The highest BCUT2D eigenvalue weighted by molar-refractivity contribution is 5.71. The van der Waals surface area contributed by atoms with Gasteiger partial charge < -0.3 is 5.11 Å².